The molecule has 1 heterocycles. The van der Waals surface area contributed by atoms with Crippen molar-refractivity contribution >= 4 is 45.6 Å². The van der Waals surface area contributed by atoms with Crippen LogP contribution in [0.2, 0.25) is 0 Å². The van der Waals surface area contributed by atoms with Gasteiger partial charge in [0.05, 0.1) is 12.5 Å². The molecule has 0 unspecified atom stereocenters. The summed E-state index contributed by atoms with van der Waals surface area (Å²) in [6.45, 7) is 1.40. The van der Waals surface area contributed by atoms with Gasteiger partial charge in [-0.25, -0.2) is 10.2 Å². The molecule has 0 aliphatic rings. The molecule has 8 nitrogen and oxygen atoms in total. The van der Waals surface area contributed by atoms with Gasteiger partial charge in [0.15, 0.2) is 0 Å². The molecule has 1 aromatic heterocycles. The van der Waals surface area contributed by atoms with Crippen LogP contribution in [0.5, 0.6) is 5.75 Å². The Morgan fingerprint density at radius 3 is 2.53 bits per heavy atom. The maximum atomic E-state index is 12.2. The number of rotatable bonds is 6. The molecule has 0 spiro atoms. The molecule has 0 saturated heterocycles. The van der Waals surface area contributed by atoms with Gasteiger partial charge in [-0.2, -0.15) is 5.10 Å². The Balaban J connectivity index is 1.68. The molecule has 2 amide bonds. The van der Waals surface area contributed by atoms with E-state index in [2.05, 4.69) is 31.8 Å². The van der Waals surface area contributed by atoms with E-state index in [1.165, 1.54) is 25.5 Å². The minimum Gasteiger partial charge on any atom is -0.457 e. The number of benzene rings is 2. The molecule has 3 aromatic rings. The van der Waals surface area contributed by atoms with Crippen LogP contribution in [-0.4, -0.2) is 24.0 Å². The first-order valence-corrected chi connectivity index (χ1v) is 9.48. The fourth-order valence-electron chi connectivity index (χ4n) is 2.39. The molecule has 30 heavy (non-hydrogen) atoms. The van der Waals surface area contributed by atoms with E-state index in [0.717, 1.165) is 4.47 Å². The van der Waals surface area contributed by atoms with Crippen LogP contribution in [0.15, 0.2) is 74.9 Å². The number of nitrogens with zero attached hydrogens (tertiary/aromatic N) is 1. The number of ether oxygens (including phenoxy) is 1. The van der Waals surface area contributed by atoms with Gasteiger partial charge in [-0.1, -0.05) is 15.9 Å². The smallest absolute Gasteiger partial charge is 0.379 e. The van der Waals surface area contributed by atoms with Crippen molar-refractivity contribution in [1.82, 2.24) is 5.43 Å². The normalized spacial score (nSPS) is 10.6. The maximum absolute atomic E-state index is 12.2. The highest BCUT2D eigenvalue weighted by atomic mass is 79.9. The first-order chi connectivity index (χ1) is 14.4. The van der Waals surface area contributed by atoms with Crippen LogP contribution in [-0.2, 0) is 4.79 Å². The topological polar surface area (TPSA) is 110 Å². The van der Waals surface area contributed by atoms with E-state index in [4.69, 9.17) is 9.15 Å². The monoisotopic (exact) mass is 469 g/mol. The summed E-state index contributed by atoms with van der Waals surface area (Å²) in [7, 11) is 0. The third-order valence-electron chi connectivity index (χ3n) is 3.73. The molecule has 0 atom stereocenters. The zero-order chi connectivity index (χ0) is 21.5. The van der Waals surface area contributed by atoms with Crippen molar-refractivity contribution in [2.75, 3.05) is 5.32 Å². The van der Waals surface area contributed by atoms with Crippen molar-refractivity contribution in [3.63, 3.8) is 0 Å². The second-order valence-corrected chi connectivity index (χ2v) is 6.92. The first kappa shape index (κ1) is 21.0. The lowest BCUT2D eigenvalue weighted by Crippen LogP contribution is -2.18. The average molecular weight is 470 g/mol. The highest BCUT2D eigenvalue weighted by Crippen LogP contribution is 2.23. The number of carbonyl (C=O) groups is 3. The lowest BCUT2D eigenvalue weighted by molar-refractivity contribution is -0.114. The number of hydrogen-bond acceptors (Lipinski definition) is 6. The van der Waals surface area contributed by atoms with Gasteiger partial charge in [0.25, 0.3) is 5.91 Å². The van der Waals surface area contributed by atoms with Crippen LogP contribution in [0, 0.1) is 0 Å². The molecule has 152 valence electrons. The number of nitrogens with one attached hydrogen (secondary N) is 2. The maximum Gasteiger partial charge on any atom is 0.379 e. The van der Waals surface area contributed by atoms with Crippen molar-refractivity contribution in [3.8, 4) is 5.75 Å². The van der Waals surface area contributed by atoms with Crippen LogP contribution in [0.3, 0.4) is 0 Å². The highest BCUT2D eigenvalue weighted by molar-refractivity contribution is 9.10. The van der Waals surface area contributed by atoms with Crippen LogP contribution >= 0.6 is 15.9 Å². The Hall–Kier alpha value is -3.72. The number of esters is 1. The fourth-order valence-corrected chi connectivity index (χ4v) is 2.77. The number of carbonyl (C=O) groups excluding carboxylic acids is 3. The Morgan fingerprint density at radius 1 is 1.10 bits per heavy atom. The molecule has 0 saturated carbocycles. The van der Waals surface area contributed by atoms with Crippen molar-refractivity contribution in [2.24, 2.45) is 5.10 Å². The lowest BCUT2D eigenvalue weighted by atomic mass is 10.2. The highest BCUT2D eigenvalue weighted by Gasteiger charge is 2.14. The number of amides is 2. The predicted molar refractivity (Wildman–Crippen MR) is 114 cm³/mol. The Bertz CT molecular complexity index is 1090. The van der Waals surface area contributed by atoms with Gasteiger partial charge in [0.2, 0.25) is 11.7 Å². The number of hydrazone groups is 1. The molecule has 2 aromatic carbocycles. The average Bonchev–Trinajstić information content (AvgIpc) is 3.25. The predicted octanol–water partition coefficient (Wildman–Crippen LogP) is 3.98. The largest absolute Gasteiger partial charge is 0.457 e. The van der Waals surface area contributed by atoms with Crippen LogP contribution < -0.4 is 15.5 Å². The molecular weight excluding hydrogens is 454 g/mol. The zero-order valence-corrected chi connectivity index (χ0v) is 17.3. The van der Waals surface area contributed by atoms with E-state index in [1.54, 1.807) is 48.5 Å². The van der Waals surface area contributed by atoms with Crippen molar-refractivity contribution in [3.05, 3.63) is 82.2 Å². The fraction of sp³-hybridized carbons (Fsp3) is 0.0476. The van der Waals surface area contributed by atoms with Gasteiger partial charge in [-0.15, -0.1) is 0 Å². The molecule has 2 N–H and O–H groups in total. The summed E-state index contributed by atoms with van der Waals surface area (Å²) in [6.07, 6.45) is 2.73. The second kappa shape index (κ2) is 9.66. The van der Waals surface area contributed by atoms with E-state index in [1.807, 2.05) is 0 Å². The number of furan rings is 1. The van der Waals surface area contributed by atoms with E-state index < -0.39 is 11.9 Å². The minimum atomic E-state index is -0.653. The van der Waals surface area contributed by atoms with E-state index >= 15 is 0 Å². The molecule has 3 rings (SSSR count). The summed E-state index contributed by atoms with van der Waals surface area (Å²) in [5, 5.41) is 6.55. The van der Waals surface area contributed by atoms with Gasteiger partial charge in [0.1, 0.15) is 5.75 Å². The lowest BCUT2D eigenvalue weighted by Gasteiger charge is -2.07. The summed E-state index contributed by atoms with van der Waals surface area (Å²) in [5.74, 6) is -0.978. The van der Waals surface area contributed by atoms with Crippen molar-refractivity contribution in [2.45, 2.75) is 6.92 Å². The van der Waals surface area contributed by atoms with Crippen LogP contribution in [0.25, 0.3) is 0 Å². The Kier molecular flexibility index (Phi) is 6.76. The molecule has 0 aliphatic carbocycles. The summed E-state index contributed by atoms with van der Waals surface area (Å²) in [5.41, 5.74) is 3.81. The van der Waals surface area contributed by atoms with Crippen LogP contribution in [0.4, 0.5) is 5.69 Å². The zero-order valence-electron chi connectivity index (χ0n) is 15.7. The third-order valence-corrected chi connectivity index (χ3v) is 4.23. The Labute approximate surface area is 180 Å². The molecular formula is C21H16BrN3O5. The van der Waals surface area contributed by atoms with Crippen molar-refractivity contribution < 1.29 is 23.5 Å². The summed E-state index contributed by atoms with van der Waals surface area (Å²) < 4.78 is 11.1. The quantitative estimate of drug-likeness (QED) is 0.245. The van der Waals surface area contributed by atoms with E-state index in [9.17, 15) is 14.4 Å². The van der Waals surface area contributed by atoms with Crippen molar-refractivity contribution in [1.29, 1.82) is 0 Å². The van der Waals surface area contributed by atoms with Gasteiger partial charge in [0, 0.05) is 28.2 Å². The number of anilines is 1. The van der Waals surface area contributed by atoms with Gasteiger partial charge >= 0.3 is 5.97 Å². The standard InChI is InChI=1S/C21H16BrN3O5/c1-13(26)24-17-7-4-14(5-8-17)20(27)25-23-12-15-11-16(22)6-9-18(15)30-21(28)19-3-2-10-29-19/h2-12H,1H3,(H,24,26)(H,25,27). The second-order valence-electron chi connectivity index (χ2n) is 6.01. The molecule has 0 radical (unpaired) electrons. The molecule has 0 fully saturated rings. The summed E-state index contributed by atoms with van der Waals surface area (Å²) in [4.78, 5) is 35.4. The van der Waals surface area contributed by atoms with Gasteiger partial charge < -0.3 is 14.5 Å². The molecule has 0 aliphatic heterocycles. The summed E-state index contributed by atoms with van der Waals surface area (Å²) >= 11 is 3.34. The van der Waals surface area contributed by atoms with Gasteiger partial charge in [-0.05, 0) is 54.6 Å². The van der Waals surface area contributed by atoms with E-state index in [-0.39, 0.29) is 17.4 Å². The van der Waals surface area contributed by atoms with E-state index in [0.29, 0.717) is 16.8 Å². The molecule has 0 bridgehead atoms. The van der Waals surface area contributed by atoms with Crippen LogP contribution in [0.1, 0.15) is 33.4 Å². The minimum absolute atomic E-state index is 0.0665. The molecule has 9 heteroatoms. The number of halogens is 1. The Morgan fingerprint density at radius 2 is 1.87 bits per heavy atom. The SMILES string of the molecule is CC(=O)Nc1ccc(C(=O)NN=Cc2cc(Br)ccc2OC(=O)c2ccco2)cc1. The first-order valence-electron chi connectivity index (χ1n) is 8.68. The third kappa shape index (κ3) is 5.65. The number of hydrogen-bond donors (Lipinski definition) is 2. The van der Waals surface area contributed by atoms with Gasteiger partial charge in [-0.3, -0.25) is 9.59 Å². The summed E-state index contributed by atoms with van der Waals surface area (Å²) in [6, 6.07) is 14.4.